The van der Waals surface area contributed by atoms with Crippen LogP contribution in [0.5, 0.6) is 0 Å². The highest BCUT2D eigenvalue weighted by molar-refractivity contribution is 8.27. The molecule has 2 aromatic carbocycles. The summed E-state index contributed by atoms with van der Waals surface area (Å²) in [4.78, 5) is 15.5. The third-order valence-electron chi connectivity index (χ3n) is 3.30. The maximum absolute atomic E-state index is 13.9. The van der Waals surface area contributed by atoms with Crippen LogP contribution < -0.4 is 4.90 Å². The zero-order valence-corrected chi connectivity index (χ0v) is 14.6. The highest BCUT2D eigenvalue weighted by atomic mass is 32.2. The normalized spacial score (nSPS) is 16.4. The number of anilines is 1. The average molecular weight is 361 g/mol. The molecule has 0 radical (unpaired) electrons. The van der Waals surface area contributed by atoms with Gasteiger partial charge in [0.25, 0.3) is 5.91 Å². The van der Waals surface area contributed by atoms with E-state index >= 15 is 0 Å². The molecular weight excluding hydrogens is 349 g/mol. The van der Waals surface area contributed by atoms with Gasteiger partial charge in [-0.2, -0.15) is 0 Å². The lowest BCUT2D eigenvalue weighted by atomic mass is 10.2. The van der Waals surface area contributed by atoms with Crippen molar-refractivity contribution in [1.29, 1.82) is 0 Å². The molecule has 3 rings (SSSR count). The van der Waals surface area contributed by atoms with Crippen LogP contribution in [0.25, 0.3) is 6.08 Å². The van der Waals surface area contributed by atoms with Crippen LogP contribution >= 0.6 is 35.7 Å². The summed E-state index contributed by atoms with van der Waals surface area (Å²) in [5, 5.41) is 0. The molecule has 0 unspecified atom stereocenters. The number of thiocarbonyl (C=S) groups is 1. The Kier molecular flexibility index (Phi) is 4.84. The highest BCUT2D eigenvalue weighted by Crippen LogP contribution is 2.37. The molecule has 0 aliphatic carbocycles. The van der Waals surface area contributed by atoms with Crippen LogP contribution in [0.3, 0.4) is 0 Å². The van der Waals surface area contributed by atoms with Crippen molar-refractivity contribution >= 4 is 57.7 Å². The van der Waals surface area contributed by atoms with Crippen molar-refractivity contribution < 1.29 is 9.18 Å². The van der Waals surface area contributed by atoms with E-state index in [1.54, 1.807) is 36.0 Å². The van der Waals surface area contributed by atoms with E-state index in [4.69, 9.17) is 12.2 Å². The van der Waals surface area contributed by atoms with Gasteiger partial charge in [-0.05, 0) is 42.2 Å². The Bertz CT molecular complexity index is 802. The number of nitrogens with zero attached hydrogens (tertiary/aromatic N) is 1. The van der Waals surface area contributed by atoms with Crippen molar-refractivity contribution in [1.82, 2.24) is 0 Å². The molecule has 0 atom stereocenters. The number of amides is 1. The van der Waals surface area contributed by atoms with Gasteiger partial charge in [0.2, 0.25) is 0 Å². The molecule has 23 heavy (non-hydrogen) atoms. The summed E-state index contributed by atoms with van der Waals surface area (Å²) in [5.74, 6) is -0.756. The summed E-state index contributed by atoms with van der Waals surface area (Å²) in [6.45, 7) is 0. The van der Waals surface area contributed by atoms with Crippen LogP contribution in [0.1, 0.15) is 5.56 Å². The molecule has 1 aliphatic heterocycles. The van der Waals surface area contributed by atoms with Crippen LogP contribution in [0.4, 0.5) is 10.1 Å². The van der Waals surface area contributed by atoms with E-state index in [1.807, 2.05) is 30.5 Å². The molecule has 1 aliphatic rings. The average Bonchev–Trinajstić information content (AvgIpc) is 2.83. The molecule has 1 heterocycles. The molecule has 0 bridgehead atoms. The number of thioether (sulfide) groups is 2. The fraction of sp³-hybridized carbons (Fsp3) is 0.0588. The van der Waals surface area contributed by atoms with Gasteiger partial charge < -0.3 is 0 Å². The molecule has 0 N–H and O–H groups in total. The van der Waals surface area contributed by atoms with Gasteiger partial charge in [-0.1, -0.05) is 48.2 Å². The lowest BCUT2D eigenvalue weighted by Gasteiger charge is -2.14. The fourth-order valence-electron chi connectivity index (χ4n) is 2.16. The quantitative estimate of drug-likeness (QED) is 0.437. The molecule has 1 fully saturated rings. The van der Waals surface area contributed by atoms with Crippen molar-refractivity contribution in [2.75, 3.05) is 11.2 Å². The summed E-state index contributed by atoms with van der Waals surface area (Å²) in [6, 6.07) is 14.0. The zero-order chi connectivity index (χ0) is 16.4. The van der Waals surface area contributed by atoms with E-state index in [0.717, 1.165) is 10.5 Å². The van der Waals surface area contributed by atoms with Crippen LogP contribution in [0.15, 0.2) is 58.3 Å². The van der Waals surface area contributed by atoms with Crippen LogP contribution in [0.2, 0.25) is 0 Å². The maximum Gasteiger partial charge on any atom is 0.270 e. The number of hydrogen-bond donors (Lipinski definition) is 0. The lowest BCUT2D eigenvalue weighted by Crippen LogP contribution is -2.28. The van der Waals surface area contributed by atoms with Gasteiger partial charge >= 0.3 is 0 Å². The number of carbonyl (C=O) groups excluding carboxylic acids is 1. The maximum atomic E-state index is 13.9. The Hall–Kier alpha value is -1.63. The fourth-order valence-corrected chi connectivity index (χ4v) is 3.85. The predicted octanol–water partition coefficient (Wildman–Crippen LogP) is 4.95. The zero-order valence-electron chi connectivity index (χ0n) is 12.2. The minimum absolute atomic E-state index is 0.191. The molecule has 0 saturated carbocycles. The van der Waals surface area contributed by atoms with Gasteiger partial charge in [-0.3, -0.25) is 9.69 Å². The standard InChI is InChI=1S/C17H12FNOS3/c1-22-12-8-6-11(7-9-12)10-15-16(20)19(17(21)23-15)14-5-3-2-4-13(14)18/h2-10H,1H3/b15-10-. The van der Waals surface area contributed by atoms with Gasteiger partial charge in [0.1, 0.15) is 5.82 Å². The monoisotopic (exact) mass is 361 g/mol. The summed E-state index contributed by atoms with van der Waals surface area (Å²) in [7, 11) is 0. The number of hydrogen-bond acceptors (Lipinski definition) is 4. The second-order valence-electron chi connectivity index (χ2n) is 4.74. The second kappa shape index (κ2) is 6.86. The predicted molar refractivity (Wildman–Crippen MR) is 100 cm³/mol. The van der Waals surface area contributed by atoms with Crippen molar-refractivity contribution in [2.24, 2.45) is 0 Å². The third kappa shape index (κ3) is 3.34. The summed E-state index contributed by atoms with van der Waals surface area (Å²) in [5.41, 5.74) is 1.10. The van der Waals surface area contributed by atoms with E-state index in [-0.39, 0.29) is 11.6 Å². The topological polar surface area (TPSA) is 20.3 Å². The molecule has 0 aromatic heterocycles. The van der Waals surface area contributed by atoms with Crippen LogP contribution in [-0.4, -0.2) is 16.5 Å². The SMILES string of the molecule is CSc1ccc(/C=C2\SC(=S)N(c3ccccc3F)C2=O)cc1. The van der Waals surface area contributed by atoms with Crippen molar-refractivity contribution in [3.05, 3.63) is 64.8 Å². The summed E-state index contributed by atoms with van der Waals surface area (Å²) in [6.07, 6.45) is 3.79. The molecule has 116 valence electrons. The number of halogens is 1. The lowest BCUT2D eigenvalue weighted by molar-refractivity contribution is -0.113. The minimum Gasteiger partial charge on any atom is -0.268 e. The van der Waals surface area contributed by atoms with Crippen LogP contribution in [-0.2, 0) is 4.79 Å². The Balaban J connectivity index is 1.91. The van der Waals surface area contributed by atoms with E-state index < -0.39 is 5.82 Å². The molecule has 2 aromatic rings. The van der Waals surface area contributed by atoms with E-state index in [9.17, 15) is 9.18 Å². The Morgan fingerprint density at radius 1 is 1.17 bits per heavy atom. The first kappa shape index (κ1) is 16.2. The Morgan fingerprint density at radius 3 is 2.52 bits per heavy atom. The Labute approximate surface area is 147 Å². The summed E-state index contributed by atoms with van der Waals surface area (Å²) >= 11 is 8.09. The number of rotatable bonds is 3. The number of carbonyl (C=O) groups is 1. The van der Waals surface area contributed by atoms with Gasteiger partial charge in [-0.15, -0.1) is 11.8 Å². The largest absolute Gasteiger partial charge is 0.270 e. The van der Waals surface area contributed by atoms with Crippen molar-refractivity contribution in [3.8, 4) is 0 Å². The van der Waals surface area contributed by atoms with Crippen molar-refractivity contribution in [3.63, 3.8) is 0 Å². The molecule has 0 spiro atoms. The van der Waals surface area contributed by atoms with Gasteiger partial charge in [0.05, 0.1) is 10.6 Å². The molecule has 6 heteroatoms. The molecule has 1 saturated heterocycles. The first-order valence-corrected chi connectivity index (χ1v) is 9.21. The minimum atomic E-state index is -0.464. The van der Waals surface area contributed by atoms with Gasteiger partial charge in [0, 0.05) is 4.90 Å². The van der Waals surface area contributed by atoms with Crippen molar-refractivity contribution in [2.45, 2.75) is 4.90 Å². The molecule has 1 amide bonds. The highest BCUT2D eigenvalue weighted by Gasteiger charge is 2.34. The van der Waals surface area contributed by atoms with Gasteiger partial charge in [0.15, 0.2) is 4.32 Å². The summed E-state index contributed by atoms with van der Waals surface area (Å²) < 4.78 is 14.3. The Morgan fingerprint density at radius 2 is 1.87 bits per heavy atom. The number of para-hydroxylation sites is 1. The van der Waals surface area contributed by atoms with Crippen LogP contribution in [0, 0.1) is 5.82 Å². The number of benzene rings is 2. The van der Waals surface area contributed by atoms with E-state index in [1.165, 1.54) is 22.7 Å². The van der Waals surface area contributed by atoms with Gasteiger partial charge in [-0.25, -0.2) is 4.39 Å². The third-order valence-corrected chi connectivity index (χ3v) is 5.35. The van der Waals surface area contributed by atoms with E-state index in [0.29, 0.717) is 9.23 Å². The first-order valence-electron chi connectivity index (χ1n) is 6.76. The second-order valence-corrected chi connectivity index (χ2v) is 7.30. The first-order chi connectivity index (χ1) is 11.1. The smallest absolute Gasteiger partial charge is 0.268 e. The molecular formula is C17H12FNOS3. The molecule has 2 nitrogen and oxygen atoms in total. The van der Waals surface area contributed by atoms with E-state index in [2.05, 4.69) is 0 Å².